The summed E-state index contributed by atoms with van der Waals surface area (Å²) < 4.78 is 0.584. The first-order valence-corrected chi connectivity index (χ1v) is 8.27. The van der Waals surface area contributed by atoms with Crippen LogP contribution in [0.5, 0.6) is 0 Å². The molecule has 17 heavy (non-hydrogen) atoms. The summed E-state index contributed by atoms with van der Waals surface area (Å²) in [7, 11) is 0. The van der Waals surface area contributed by atoms with E-state index in [1.54, 1.807) is 0 Å². The maximum Gasteiger partial charge on any atom is 0.0284 e. The second-order valence-electron chi connectivity index (χ2n) is 6.47. The lowest BCUT2D eigenvalue weighted by atomic mass is 9.82. The van der Waals surface area contributed by atoms with Crippen LogP contribution in [0, 0.1) is 0 Å². The van der Waals surface area contributed by atoms with Gasteiger partial charge in [0.1, 0.15) is 0 Å². The molecule has 3 heteroatoms. The van der Waals surface area contributed by atoms with E-state index < -0.39 is 0 Å². The summed E-state index contributed by atoms with van der Waals surface area (Å²) in [5, 5.41) is 3.68. The summed E-state index contributed by atoms with van der Waals surface area (Å²) in [5.41, 5.74) is 0.287. The van der Waals surface area contributed by atoms with Crippen LogP contribution in [0.15, 0.2) is 0 Å². The monoisotopic (exact) mass is 256 g/mol. The van der Waals surface area contributed by atoms with E-state index in [9.17, 15) is 0 Å². The highest BCUT2D eigenvalue weighted by Gasteiger charge is 2.41. The van der Waals surface area contributed by atoms with E-state index in [-0.39, 0.29) is 5.54 Å². The molecular formula is C14H28N2S. The minimum Gasteiger partial charge on any atom is -0.309 e. The molecule has 0 aromatic heterocycles. The van der Waals surface area contributed by atoms with Gasteiger partial charge in [0.2, 0.25) is 0 Å². The zero-order valence-electron chi connectivity index (χ0n) is 11.9. The molecule has 0 radical (unpaired) electrons. The molecule has 1 aliphatic heterocycles. The van der Waals surface area contributed by atoms with E-state index in [2.05, 4.69) is 49.0 Å². The van der Waals surface area contributed by atoms with Gasteiger partial charge in [-0.05, 0) is 39.4 Å². The van der Waals surface area contributed by atoms with Crippen molar-refractivity contribution in [3.05, 3.63) is 0 Å². The number of piperazine rings is 1. The molecule has 1 unspecified atom stereocenters. The average Bonchev–Trinajstić information content (AvgIpc) is 2.23. The third-order valence-electron chi connectivity index (χ3n) is 4.59. The van der Waals surface area contributed by atoms with Crippen LogP contribution in [0.1, 0.15) is 46.5 Å². The van der Waals surface area contributed by atoms with E-state index in [1.807, 2.05) is 0 Å². The summed E-state index contributed by atoms with van der Waals surface area (Å²) in [4.78, 5) is 2.76. The predicted octanol–water partition coefficient (Wildman–Crippen LogP) is 2.73. The molecule has 0 amide bonds. The minimum absolute atomic E-state index is 0.287. The fourth-order valence-corrected chi connectivity index (χ4v) is 4.16. The highest BCUT2D eigenvalue weighted by atomic mass is 32.2. The summed E-state index contributed by atoms with van der Waals surface area (Å²) in [6, 6.07) is 0.743. The van der Waals surface area contributed by atoms with Crippen LogP contribution in [-0.2, 0) is 0 Å². The van der Waals surface area contributed by atoms with Crippen molar-refractivity contribution in [3.8, 4) is 0 Å². The van der Waals surface area contributed by atoms with Crippen molar-refractivity contribution in [2.45, 2.75) is 62.8 Å². The Balaban J connectivity index is 2.00. The molecule has 1 saturated carbocycles. The van der Waals surface area contributed by atoms with Crippen LogP contribution in [-0.4, -0.2) is 47.1 Å². The van der Waals surface area contributed by atoms with Crippen LogP contribution in [0.25, 0.3) is 0 Å². The Morgan fingerprint density at radius 3 is 2.53 bits per heavy atom. The third-order valence-corrected chi connectivity index (χ3v) is 5.99. The van der Waals surface area contributed by atoms with E-state index in [1.165, 1.54) is 38.8 Å². The lowest BCUT2D eigenvalue weighted by molar-refractivity contribution is 0.0709. The Labute approximate surface area is 111 Å². The zero-order valence-corrected chi connectivity index (χ0v) is 12.7. The lowest BCUT2D eigenvalue weighted by Gasteiger charge is -2.50. The molecule has 0 spiro atoms. The summed E-state index contributed by atoms with van der Waals surface area (Å²) in [6.45, 7) is 10.7. The van der Waals surface area contributed by atoms with Crippen LogP contribution in [0.3, 0.4) is 0 Å². The second kappa shape index (κ2) is 5.10. The highest BCUT2D eigenvalue weighted by Crippen LogP contribution is 2.44. The van der Waals surface area contributed by atoms with Gasteiger partial charge >= 0.3 is 0 Å². The van der Waals surface area contributed by atoms with E-state index >= 15 is 0 Å². The van der Waals surface area contributed by atoms with Gasteiger partial charge in [-0.3, -0.25) is 4.90 Å². The first-order valence-electron chi connectivity index (χ1n) is 7.04. The Hall–Kier alpha value is 0.270. The summed E-state index contributed by atoms with van der Waals surface area (Å²) in [5.74, 6) is 0. The number of thioether (sulfide) groups is 1. The Morgan fingerprint density at radius 1 is 1.35 bits per heavy atom. The maximum atomic E-state index is 3.68. The van der Waals surface area contributed by atoms with Gasteiger partial charge in [0, 0.05) is 36.0 Å². The fraction of sp³-hybridized carbons (Fsp3) is 1.00. The first kappa shape index (κ1) is 13.7. The van der Waals surface area contributed by atoms with Gasteiger partial charge in [0.05, 0.1) is 0 Å². The summed E-state index contributed by atoms with van der Waals surface area (Å²) >= 11 is 2.10. The molecule has 1 heterocycles. The molecule has 100 valence electrons. The largest absolute Gasteiger partial charge is 0.309 e. The SMILES string of the molecule is CCC1CNC(C)(C)CN1CC1(SC)CCC1. The quantitative estimate of drug-likeness (QED) is 0.832. The Kier molecular flexibility index (Phi) is 4.11. The van der Waals surface area contributed by atoms with Gasteiger partial charge in [-0.2, -0.15) is 11.8 Å². The molecule has 1 aliphatic carbocycles. The average molecular weight is 256 g/mol. The minimum atomic E-state index is 0.287. The molecule has 2 aliphatic rings. The molecule has 1 N–H and O–H groups in total. The smallest absolute Gasteiger partial charge is 0.0284 e. The van der Waals surface area contributed by atoms with E-state index in [4.69, 9.17) is 0 Å². The van der Waals surface area contributed by atoms with Crippen molar-refractivity contribution in [3.63, 3.8) is 0 Å². The first-order chi connectivity index (χ1) is 8.00. The molecule has 0 aromatic carbocycles. The van der Waals surface area contributed by atoms with Crippen molar-refractivity contribution < 1.29 is 0 Å². The van der Waals surface area contributed by atoms with Crippen LogP contribution in [0.2, 0.25) is 0 Å². The molecule has 1 atom stereocenters. The van der Waals surface area contributed by atoms with Crippen molar-refractivity contribution in [1.82, 2.24) is 10.2 Å². The molecule has 2 fully saturated rings. The summed E-state index contributed by atoms with van der Waals surface area (Å²) in [6.07, 6.45) is 7.86. The van der Waals surface area contributed by atoms with Crippen molar-refractivity contribution in [1.29, 1.82) is 0 Å². The number of hydrogen-bond acceptors (Lipinski definition) is 3. The van der Waals surface area contributed by atoms with Gasteiger partial charge in [-0.25, -0.2) is 0 Å². The van der Waals surface area contributed by atoms with Gasteiger partial charge < -0.3 is 5.32 Å². The standard InChI is InChI=1S/C14H28N2S/c1-5-12-9-15-13(2,3)10-16(12)11-14(17-4)7-6-8-14/h12,15H,5-11H2,1-4H3. The Morgan fingerprint density at radius 2 is 2.06 bits per heavy atom. The number of nitrogens with one attached hydrogen (secondary N) is 1. The number of nitrogens with zero attached hydrogens (tertiary/aromatic N) is 1. The normalized spacial score (nSPS) is 32.1. The highest BCUT2D eigenvalue weighted by molar-refractivity contribution is 8.00. The van der Waals surface area contributed by atoms with E-state index in [0.717, 1.165) is 12.6 Å². The van der Waals surface area contributed by atoms with Gasteiger partial charge in [0.15, 0.2) is 0 Å². The fourth-order valence-electron chi connectivity index (χ4n) is 3.17. The van der Waals surface area contributed by atoms with Gasteiger partial charge in [0.25, 0.3) is 0 Å². The number of hydrogen-bond donors (Lipinski definition) is 1. The third kappa shape index (κ3) is 2.99. The topological polar surface area (TPSA) is 15.3 Å². The predicted molar refractivity (Wildman–Crippen MR) is 77.8 cm³/mol. The second-order valence-corrected chi connectivity index (χ2v) is 7.75. The zero-order chi connectivity index (χ0) is 12.5. The molecule has 0 bridgehead atoms. The maximum absolute atomic E-state index is 3.68. The van der Waals surface area contributed by atoms with Gasteiger partial charge in [-0.1, -0.05) is 13.3 Å². The molecular weight excluding hydrogens is 228 g/mol. The van der Waals surface area contributed by atoms with E-state index in [0.29, 0.717) is 4.75 Å². The lowest BCUT2D eigenvalue weighted by Crippen LogP contribution is -2.64. The molecule has 2 rings (SSSR count). The van der Waals surface area contributed by atoms with Crippen molar-refractivity contribution in [2.24, 2.45) is 0 Å². The molecule has 0 aromatic rings. The van der Waals surface area contributed by atoms with Crippen LogP contribution < -0.4 is 5.32 Å². The molecule has 1 saturated heterocycles. The van der Waals surface area contributed by atoms with Crippen LogP contribution >= 0.6 is 11.8 Å². The Bertz CT molecular complexity index is 255. The van der Waals surface area contributed by atoms with Crippen molar-refractivity contribution >= 4 is 11.8 Å². The van der Waals surface area contributed by atoms with Crippen molar-refractivity contribution in [2.75, 3.05) is 25.9 Å². The molecule has 2 nitrogen and oxygen atoms in total. The van der Waals surface area contributed by atoms with Gasteiger partial charge in [-0.15, -0.1) is 0 Å². The van der Waals surface area contributed by atoms with Crippen LogP contribution in [0.4, 0.5) is 0 Å². The number of rotatable bonds is 4.